The standard InChI is InChI=1S/C32H62O3.K/c1-2-3-4-5-6-7-8-9-10-11-12-13-14-15-16-17-18-19-22-25-28-31(33)29-26-23-20-21-24-27-30-32(34)35;/h2-30H2,1H3,(H,34,35);/q;+1/p-1. The Bertz CT molecular complexity index is 453. The zero-order valence-electron chi connectivity index (χ0n) is 24.7. The summed E-state index contributed by atoms with van der Waals surface area (Å²) in [5, 5.41) is 10.3. The topological polar surface area (TPSA) is 57.2 Å². The number of carboxylic acids is 1. The van der Waals surface area contributed by atoms with Gasteiger partial charge < -0.3 is 9.90 Å². The van der Waals surface area contributed by atoms with Gasteiger partial charge in [0.1, 0.15) is 5.78 Å². The van der Waals surface area contributed by atoms with Gasteiger partial charge in [-0.2, -0.15) is 0 Å². The van der Waals surface area contributed by atoms with Crippen LogP contribution in [-0.2, 0) is 9.59 Å². The fourth-order valence-electron chi connectivity index (χ4n) is 5.00. The summed E-state index contributed by atoms with van der Waals surface area (Å²) in [5.74, 6) is -0.509. The van der Waals surface area contributed by atoms with Crippen LogP contribution in [0.1, 0.15) is 193 Å². The Morgan fingerprint density at radius 2 is 0.611 bits per heavy atom. The Labute approximate surface area is 268 Å². The molecular formula is C32H61KO3. The van der Waals surface area contributed by atoms with Crippen molar-refractivity contribution in [2.24, 2.45) is 0 Å². The zero-order valence-corrected chi connectivity index (χ0v) is 27.9. The van der Waals surface area contributed by atoms with Crippen molar-refractivity contribution < 1.29 is 66.1 Å². The van der Waals surface area contributed by atoms with Gasteiger partial charge in [0.25, 0.3) is 0 Å². The maximum absolute atomic E-state index is 12.0. The number of Topliss-reactive ketones (excluding diaryl/α,β-unsaturated/α-hetero) is 1. The van der Waals surface area contributed by atoms with Crippen molar-refractivity contribution in [2.45, 2.75) is 193 Å². The predicted octanol–water partition coefficient (Wildman–Crippen LogP) is 6.64. The molecule has 0 bridgehead atoms. The molecule has 0 radical (unpaired) electrons. The number of hydrogen-bond donors (Lipinski definition) is 0. The Hall–Kier alpha value is 0.776. The minimum absolute atomic E-state index is 0. The maximum atomic E-state index is 12.0. The molecule has 0 atom stereocenters. The molecule has 0 unspecified atom stereocenters. The molecule has 0 saturated carbocycles. The van der Waals surface area contributed by atoms with E-state index in [1.165, 1.54) is 122 Å². The summed E-state index contributed by atoms with van der Waals surface area (Å²) in [6.45, 7) is 2.29. The molecule has 0 aliphatic heterocycles. The van der Waals surface area contributed by atoms with Crippen LogP contribution in [0, 0.1) is 0 Å². The maximum Gasteiger partial charge on any atom is 1.00 e. The summed E-state index contributed by atoms with van der Waals surface area (Å²) in [7, 11) is 0. The molecule has 0 aromatic heterocycles. The average Bonchev–Trinajstić information content (AvgIpc) is 2.84. The summed E-state index contributed by atoms with van der Waals surface area (Å²) >= 11 is 0. The van der Waals surface area contributed by atoms with Crippen molar-refractivity contribution in [3.05, 3.63) is 0 Å². The summed E-state index contributed by atoms with van der Waals surface area (Å²) in [5.41, 5.74) is 0. The van der Waals surface area contributed by atoms with E-state index in [1.807, 2.05) is 0 Å². The normalized spacial score (nSPS) is 10.9. The molecule has 0 N–H and O–H groups in total. The molecule has 208 valence electrons. The molecule has 0 spiro atoms. The van der Waals surface area contributed by atoms with Gasteiger partial charge in [-0.25, -0.2) is 0 Å². The van der Waals surface area contributed by atoms with Crippen LogP contribution in [0.5, 0.6) is 0 Å². The van der Waals surface area contributed by atoms with Gasteiger partial charge in [0.2, 0.25) is 0 Å². The monoisotopic (exact) mass is 532 g/mol. The molecule has 0 rings (SSSR count). The molecule has 0 aliphatic rings. The molecule has 0 aliphatic carbocycles. The van der Waals surface area contributed by atoms with Crippen LogP contribution in [0.3, 0.4) is 0 Å². The van der Waals surface area contributed by atoms with Crippen LogP contribution in [0.15, 0.2) is 0 Å². The number of rotatable bonds is 30. The molecule has 4 heteroatoms. The molecule has 3 nitrogen and oxygen atoms in total. The number of hydrogen-bond acceptors (Lipinski definition) is 3. The SMILES string of the molecule is CCCCCCCCCCCCCCCCCCCCCCC(=O)CCCCCCCCC(=O)[O-].[K+]. The summed E-state index contributed by atoms with van der Waals surface area (Å²) in [6.07, 6.45) is 35.4. The average molecular weight is 533 g/mol. The van der Waals surface area contributed by atoms with Gasteiger partial charge in [0.15, 0.2) is 0 Å². The van der Waals surface area contributed by atoms with E-state index in [1.54, 1.807) is 0 Å². The van der Waals surface area contributed by atoms with E-state index in [-0.39, 0.29) is 57.8 Å². The molecule has 36 heavy (non-hydrogen) atoms. The summed E-state index contributed by atoms with van der Waals surface area (Å²) < 4.78 is 0. The van der Waals surface area contributed by atoms with E-state index >= 15 is 0 Å². The Kier molecular flexibility index (Phi) is 36.5. The number of aliphatic carboxylic acids is 1. The van der Waals surface area contributed by atoms with E-state index < -0.39 is 5.97 Å². The number of carbonyl (C=O) groups excluding carboxylic acids is 2. The van der Waals surface area contributed by atoms with E-state index in [0.29, 0.717) is 5.78 Å². The van der Waals surface area contributed by atoms with E-state index in [9.17, 15) is 14.7 Å². The molecular weight excluding hydrogens is 471 g/mol. The third-order valence-corrected chi connectivity index (χ3v) is 7.40. The smallest absolute Gasteiger partial charge is 0.550 e. The van der Waals surface area contributed by atoms with Gasteiger partial charge in [0.05, 0.1) is 0 Å². The number of carboxylic acid groups (broad SMARTS) is 1. The van der Waals surface area contributed by atoms with Gasteiger partial charge in [0, 0.05) is 18.8 Å². The van der Waals surface area contributed by atoms with Gasteiger partial charge in [-0.05, 0) is 25.7 Å². The van der Waals surface area contributed by atoms with Crippen LogP contribution in [-0.4, -0.2) is 11.8 Å². The minimum Gasteiger partial charge on any atom is -0.550 e. The molecule has 0 heterocycles. The molecule has 0 aromatic rings. The zero-order chi connectivity index (χ0) is 25.7. The fraction of sp³-hybridized carbons (Fsp3) is 0.938. The van der Waals surface area contributed by atoms with Crippen LogP contribution in [0.25, 0.3) is 0 Å². The Balaban J connectivity index is 0. The van der Waals surface area contributed by atoms with Gasteiger partial charge >= 0.3 is 51.4 Å². The van der Waals surface area contributed by atoms with Crippen molar-refractivity contribution in [1.82, 2.24) is 0 Å². The van der Waals surface area contributed by atoms with Crippen molar-refractivity contribution in [3.8, 4) is 0 Å². The summed E-state index contributed by atoms with van der Waals surface area (Å²) in [6, 6.07) is 0. The van der Waals surface area contributed by atoms with Crippen LogP contribution in [0.4, 0.5) is 0 Å². The number of ketones is 1. The Morgan fingerprint density at radius 3 is 0.861 bits per heavy atom. The van der Waals surface area contributed by atoms with Crippen molar-refractivity contribution in [1.29, 1.82) is 0 Å². The van der Waals surface area contributed by atoms with E-state index in [0.717, 1.165) is 57.8 Å². The van der Waals surface area contributed by atoms with Crippen LogP contribution in [0.2, 0.25) is 0 Å². The number of carbonyl (C=O) groups is 2. The van der Waals surface area contributed by atoms with Gasteiger partial charge in [-0.15, -0.1) is 0 Å². The van der Waals surface area contributed by atoms with E-state index in [4.69, 9.17) is 0 Å². The molecule has 0 aromatic carbocycles. The molecule has 0 amide bonds. The fourth-order valence-corrected chi connectivity index (χ4v) is 5.00. The second-order valence-electron chi connectivity index (χ2n) is 11.0. The van der Waals surface area contributed by atoms with Crippen LogP contribution < -0.4 is 56.5 Å². The van der Waals surface area contributed by atoms with Crippen molar-refractivity contribution in [3.63, 3.8) is 0 Å². The molecule has 0 saturated heterocycles. The second kappa shape index (κ2) is 33.8. The minimum atomic E-state index is -0.944. The van der Waals surface area contributed by atoms with E-state index in [2.05, 4.69) is 6.92 Å². The first-order valence-corrected chi connectivity index (χ1v) is 15.9. The molecule has 0 fully saturated rings. The second-order valence-corrected chi connectivity index (χ2v) is 11.0. The Morgan fingerprint density at radius 1 is 0.389 bits per heavy atom. The third-order valence-electron chi connectivity index (χ3n) is 7.40. The largest absolute Gasteiger partial charge is 1.00 e. The first kappa shape index (κ1) is 38.9. The first-order valence-electron chi connectivity index (χ1n) is 15.9. The predicted molar refractivity (Wildman–Crippen MR) is 150 cm³/mol. The third kappa shape index (κ3) is 34.8. The van der Waals surface area contributed by atoms with Crippen molar-refractivity contribution in [2.75, 3.05) is 0 Å². The summed E-state index contributed by atoms with van der Waals surface area (Å²) in [4.78, 5) is 22.3. The first-order chi connectivity index (χ1) is 17.2. The van der Waals surface area contributed by atoms with Gasteiger partial charge in [-0.3, -0.25) is 4.79 Å². The van der Waals surface area contributed by atoms with Crippen LogP contribution >= 0.6 is 0 Å². The van der Waals surface area contributed by atoms with Gasteiger partial charge in [-0.1, -0.05) is 155 Å². The quantitative estimate of drug-likeness (QED) is 0.0769. The van der Waals surface area contributed by atoms with Crippen molar-refractivity contribution >= 4 is 11.8 Å². The number of unbranched alkanes of at least 4 members (excludes halogenated alkanes) is 24.